The van der Waals surface area contributed by atoms with Crippen LogP contribution < -0.4 is 4.72 Å². The number of rotatable bonds is 4. The molecule has 1 N–H and O–H groups in total. The van der Waals surface area contributed by atoms with Crippen molar-refractivity contribution in [3.05, 3.63) is 59.1 Å². The number of carbonyl (C=O) groups excluding carboxylic acids is 1. The molecule has 0 heterocycles. The van der Waals surface area contributed by atoms with Gasteiger partial charge in [0.2, 0.25) is 0 Å². The number of esters is 1. The second kappa shape index (κ2) is 6.15. The van der Waals surface area contributed by atoms with E-state index in [1.165, 1.54) is 37.4 Å². The van der Waals surface area contributed by atoms with Gasteiger partial charge in [-0.25, -0.2) is 13.2 Å². The van der Waals surface area contributed by atoms with Crippen LogP contribution in [0.3, 0.4) is 0 Å². The first-order valence-corrected chi connectivity index (χ1v) is 7.75. The highest BCUT2D eigenvalue weighted by atomic mass is 35.5. The molecular weight excluding hydrogens is 314 g/mol. The van der Waals surface area contributed by atoms with E-state index in [9.17, 15) is 13.2 Å². The van der Waals surface area contributed by atoms with Crippen LogP contribution in [0.4, 0.5) is 5.69 Å². The summed E-state index contributed by atoms with van der Waals surface area (Å²) in [4.78, 5) is 11.3. The SMILES string of the molecule is COC(=O)c1ccc(S(=O)(=O)Nc2cccc(Cl)c2)cc1. The largest absolute Gasteiger partial charge is 0.465 e. The van der Waals surface area contributed by atoms with Gasteiger partial charge < -0.3 is 4.74 Å². The second-order valence-electron chi connectivity index (χ2n) is 4.13. The van der Waals surface area contributed by atoms with Crippen molar-refractivity contribution in [3.63, 3.8) is 0 Å². The predicted molar refractivity (Wildman–Crippen MR) is 80.0 cm³/mol. The topological polar surface area (TPSA) is 72.5 Å². The van der Waals surface area contributed by atoms with Crippen LogP contribution in [0.2, 0.25) is 5.02 Å². The van der Waals surface area contributed by atoms with E-state index in [0.29, 0.717) is 10.7 Å². The molecule has 0 fully saturated rings. The highest BCUT2D eigenvalue weighted by molar-refractivity contribution is 7.92. The number of halogens is 1. The van der Waals surface area contributed by atoms with E-state index in [1.807, 2.05) is 0 Å². The number of hydrogen-bond acceptors (Lipinski definition) is 4. The Bertz CT molecular complexity index is 757. The van der Waals surface area contributed by atoms with Crippen LogP contribution in [0.1, 0.15) is 10.4 Å². The third kappa shape index (κ3) is 3.74. The fraction of sp³-hybridized carbons (Fsp3) is 0.0714. The summed E-state index contributed by atoms with van der Waals surface area (Å²) in [6.45, 7) is 0. The molecule has 0 aliphatic heterocycles. The van der Waals surface area contributed by atoms with Crippen LogP contribution in [-0.4, -0.2) is 21.5 Å². The van der Waals surface area contributed by atoms with Crippen molar-refractivity contribution in [2.75, 3.05) is 11.8 Å². The van der Waals surface area contributed by atoms with E-state index < -0.39 is 16.0 Å². The first kappa shape index (κ1) is 15.3. The number of carbonyl (C=O) groups is 1. The molecule has 5 nitrogen and oxygen atoms in total. The molecule has 0 spiro atoms. The maximum absolute atomic E-state index is 12.2. The van der Waals surface area contributed by atoms with E-state index in [-0.39, 0.29) is 10.5 Å². The van der Waals surface area contributed by atoms with Crippen LogP contribution >= 0.6 is 11.6 Å². The zero-order chi connectivity index (χ0) is 15.5. The maximum atomic E-state index is 12.2. The van der Waals surface area contributed by atoms with Gasteiger partial charge in [-0.05, 0) is 42.5 Å². The third-order valence-electron chi connectivity index (χ3n) is 2.66. The molecule has 0 amide bonds. The summed E-state index contributed by atoms with van der Waals surface area (Å²) in [7, 11) is -2.48. The number of benzene rings is 2. The van der Waals surface area contributed by atoms with Gasteiger partial charge in [0.25, 0.3) is 10.0 Å². The van der Waals surface area contributed by atoms with Crippen LogP contribution in [-0.2, 0) is 14.8 Å². The zero-order valence-corrected chi connectivity index (χ0v) is 12.6. The summed E-state index contributed by atoms with van der Waals surface area (Å²) in [6.07, 6.45) is 0. The normalized spacial score (nSPS) is 11.0. The quantitative estimate of drug-likeness (QED) is 0.877. The molecule has 0 aliphatic rings. The van der Waals surface area contributed by atoms with Gasteiger partial charge in [-0.1, -0.05) is 17.7 Å². The fourth-order valence-electron chi connectivity index (χ4n) is 1.65. The fourth-order valence-corrected chi connectivity index (χ4v) is 2.89. The summed E-state index contributed by atoms with van der Waals surface area (Å²) in [5.74, 6) is -0.526. The lowest BCUT2D eigenvalue weighted by molar-refractivity contribution is 0.0600. The Hall–Kier alpha value is -2.05. The van der Waals surface area contributed by atoms with Crippen molar-refractivity contribution in [2.24, 2.45) is 0 Å². The average Bonchev–Trinajstić information content (AvgIpc) is 2.46. The molecule has 21 heavy (non-hydrogen) atoms. The van der Waals surface area contributed by atoms with Crippen LogP contribution in [0.5, 0.6) is 0 Å². The van der Waals surface area contributed by atoms with Crippen LogP contribution in [0.15, 0.2) is 53.4 Å². The zero-order valence-electron chi connectivity index (χ0n) is 11.0. The van der Waals surface area contributed by atoms with Gasteiger partial charge in [0, 0.05) is 5.02 Å². The predicted octanol–water partition coefficient (Wildman–Crippen LogP) is 2.93. The highest BCUT2D eigenvalue weighted by Gasteiger charge is 2.15. The molecule has 2 aromatic rings. The van der Waals surface area contributed by atoms with Gasteiger partial charge >= 0.3 is 5.97 Å². The summed E-state index contributed by atoms with van der Waals surface area (Å²) in [6, 6.07) is 11.8. The van der Waals surface area contributed by atoms with Gasteiger partial charge in [-0.3, -0.25) is 4.72 Å². The number of hydrogen-bond donors (Lipinski definition) is 1. The van der Waals surface area contributed by atoms with Crippen LogP contribution in [0.25, 0.3) is 0 Å². The molecule has 2 rings (SSSR count). The van der Waals surface area contributed by atoms with Gasteiger partial charge in [-0.15, -0.1) is 0 Å². The molecular formula is C14H12ClNO4S. The highest BCUT2D eigenvalue weighted by Crippen LogP contribution is 2.19. The Kier molecular flexibility index (Phi) is 4.50. The van der Waals surface area contributed by atoms with E-state index in [2.05, 4.69) is 9.46 Å². The molecule has 0 radical (unpaired) electrons. The molecule has 0 bridgehead atoms. The number of anilines is 1. The maximum Gasteiger partial charge on any atom is 0.337 e. The summed E-state index contributed by atoms with van der Waals surface area (Å²) >= 11 is 5.81. The van der Waals surface area contributed by atoms with Crippen molar-refractivity contribution in [3.8, 4) is 0 Å². The summed E-state index contributed by atoms with van der Waals surface area (Å²) in [5.41, 5.74) is 0.638. The molecule has 2 aromatic carbocycles. The van der Waals surface area contributed by atoms with E-state index in [0.717, 1.165) is 0 Å². The lowest BCUT2D eigenvalue weighted by atomic mass is 10.2. The third-order valence-corrected chi connectivity index (χ3v) is 4.29. The first-order valence-electron chi connectivity index (χ1n) is 5.89. The Morgan fingerprint density at radius 1 is 1.14 bits per heavy atom. The first-order chi connectivity index (χ1) is 9.92. The Balaban J connectivity index is 2.25. The van der Waals surface area contributed by atoms with Gasteiger partial charge in [0.1, 0.15) is 0 Å². The van der Waals surface area contributed by atoms with Crippen molar-refractivity contribution >= 4 is 33.3 Å². The number of methoxy groups -OCH3 is 1. The van der Waals surface area contributed by atoms with Gasteiger partial charge in [-0.2, -0.15) is 0 Å². The van der Waals surface area contributed by atoms with E-state index in [4.69, 9.17) is 11.6 Å². The molecule has 7 heteroatoms. The molecule has 0 aliphatic carbocycles. The lowest BCUT2D eigenvalue weighted by Crippen LogP contribution is -2.13. The minimum absolute atomic E-state index is 0.0372. The minimum atomic E-state index is -3.74. The smallest absolute Gasteiger partial charge is 0.337 e. The molecule has 0 saturated carbocycles. The van der Waals surface area contributed by atoms with Crippen LogP contribution in [0, 0.1) is 0 Å². The summed E-state index contributed by atoms with van der Waals surface area (Å²) < 4.78 is 31.3. The average molecular weight is 326 g/mol. The Labute approximate surface area is 127 Å². The molecule has 0 aromatic heterocycles. The van der Waals surface area contributed by atoms with Gasteiger partial charge in [0.15, 0.2) is 0 Å². The molecule has 0 saturated heterocycles. The van der Waals surface area contributed by atoms with Crippen molar-refractivity contribution in [1.29, 1.82) is 0 Å². The number of sulfonamides is 1. The second-order valence-corrected chi connectivity index (χ2v) is 6.25. The molecule has 0 unspecified atom stereocenters. The van der Waals surface area contributed by atoms with E-state index >= 15 is 0 Å². The molecule has 110 valence electrons. The number of nitrogens with one attached hydrogen (secondary N) is 1. The summed E-state index contributed by atoms with van der Waals surface area (Å²) in [5, 5.41) is 0.427. The van der Waals surface area contributed by atoms with E-state index in [1.54, 1.807) is 18.2 Å². The standard InChI is InChI=1S/C14H12ClNO4S/c1-20-14(17)10-5-7-13(8-6-10)21(18,19)16-12-4-2-3-11(15)9-12/h2-9,16H,1H3. The Morgan fingerprint density at radius 3 is 2.38 bits per heavy atom. The molecule has 0 atom stereocenters. The Morgan fingerprint density at radius 2 is 1.81 bits per heavy atom. The number of ether oxygens (including phenoxy) is 1. The van der Waals surface area contributed by atoms with Crippen molar-refractivity contribution in [2.45, 2.75) is 4.90 Å². The monoisotopic (exact) mass is 325 g/mol. The van der Waals surface area contributed by atoms with Crippen molar-refractivity contribution < 1.29 is 17.9 Å². The minimum Gasteiger partial charge on any atom is -0.465 e. The van der Waals surface area contributed by atoms with Gasteiger partial charge in [0.05, 0.1) is 23.3 Å². The van der Waals surface area contributed by atoms with Crippen molar-refractivity contribution in [1.82, 2.24) is 0 Å². The lowest BCUT2D eigenvalue weighted by Gasteiger charge is -2.08.